The molecule has 0 fully saturated rings. The number of hydrogen-bond donors (Lipinski definition) is 1. The van der Waals surface area contributed by atoms with Crippen LogP contribution in [-0.2, 0) is 5.75 Å². The minimum atomic E-state index is -1.15. The SMILES string of the molecule is C[Si](C)(C)c1ccccc1CS. The zero-order chi connectivity index (χ0) is 9.19. The lowest BCUT2D eigenvalue weighted by Crippen LogP contribution is -2.39. The molecule has 0 nitrogen and oxygen atoms in total. The van der Waals surface area contributed by atoms with Crippen molar-refractivity contribution in [2.24, 2.45) is 0 Å². The van der Waals surface area contributed by atoms with Crippen molar-refractivity contribution >= 4 is 25.9 Å². The lowest BCUT2D eigenvalue weighted by molar-refractivity contribution is 1.45. The maximum Gasteiger partial charge on any atom is 0.0779 e. The Morgan fingerprint density at radius 2 is 1.75 bits per heavy atom. The van der Waals surface area contributed by atoms with Gasteiger partial charge in [0.1, 0.15) is 0 Å². The molecule has 1 rings (SSSR count). The molecule has 0 unspecified atom stereocenters. The van der Waals surface area contributed by atoms with Gasteiger partial charge in [-0.05, 0) is 5.56 Å². The fourth-order valence-electron chi connectivity index (χ4n) is 1.39. The van der Waals surface area contributed by atoms with Gasteiger partial charge < -0.3 is 0 Å². The number of thiol groups is 1. The molecule has 0 bridgehead atoms. The van der Waals surface area contributed by atoms with E-state index in [1.807, 2.05) is 0 Å². The molecule has 0 aliphatic rings. The first-order chi connectivity index (χ1) is 5.55. The third kappa shape index (κ3) is 2.14. The maximum absolute atomic E-state index is 4.33. The smallest absolute Gasteiger partial charge is 0.0779 e. The lowest BCUT2D eigenvalue weighted by Gasteiger charge is -2.19. The summed E-state index contributed by atoms with van der Waals surface area (Å²) in [5.74, 6) is 0.862. The van der Waals surface area contributed by atoms with Crippen molar-refractivity contribution in [2.45, 2.75) is 25.4 Å². The van der Waals surface area contributed by atoms with Gasteiger partial charge in [0.15, 0.2) is 0 Å². The molecule has 2 heteroatoms. The van der Waals surface area contributed by atoms with Gasteiger partial charge in [0.25, 0.3) is 0 Å². The summed E-state index contributed by atoms with van der Waals surface area (Å²) < 4.78 is 0. The molecule has 0 heterocycles. The van der Waals surface area contributed by atoms with Gasteiger partial charge >= 0.3 is 0 Å². The first kappa shape index (κ1) is 9.87. The molecule has 12 heavy (non-hydrogen) atoms. The molecule has 66 valence electrons. The summed E-state index contributed by atoms with van der Waals surface area (Å²) in [6.45, 7) is 7.11. The van der Waals surface area contributed by atoms with Crippen molar-refractivity contribution in [3.05, 3.63) is 29.8 Å². The predicted molar refractivity (Wildman–Crippen MR) is 62.1 cm³/mol. The highest BCUT2D eigenvalue weighted by atomic mass is 32.1. The fourth-order valence-corrected chi connectivity index (χ4v) is 3.55. The topological polar surface area (TPSA) is 0 Å². The number of rotatable bonds is 2. The molecule has 0 aliphatic heterocycles. The van der Waals surface area contributed by atoms with Gasteiger partial charge in [-0.25, -0.2) is 0 Å². The van der Waals surface area contributed by atoms with E-state index in [2.05, 4.69) is 56.5 Å². The van der Waals surface area contributed by atoms with Gasteiger partial charge in [-0.1, -0.05) is 49.1 Å². The van der Waals surface area contributed by atoms with Crippen LogP contribution in [0.3, 0.4) is 0 Å². The molecule has 0 amide bonds. The second-order valence-corrected chi connectivity index (χ2v) is 9.42. The molecule has 0 N–H and O–H groups in total. The summed E-state index contributed by atoms with van der Waals surface area (Å²) in [6, 6.07) is 8.65. The zero-order valence-corrected chi connectivity index (χ0v) is 9.86. The normalized spacial score (nSPS) is 11.7. The van der Waals surface area contributed by atoms with E-state index in [-0.39, 0.29) is 0 Å². The highest BCUT2D eigenvalue weighted by Crippen LogP contribution is 2.08. The Morgan fingerprint density at radius 3 is 2.17 bits per heavy atom. The van der Waals surface area contributed by atoms with Crippen molar-refractivity contribution in [1.29, 1.82) is 0 Å². The molecule has 0 spiro atoms. The Morgan fingerprint density at radius 1 is 1.17 bits per heavy atom. The standard InChI is InChI=1S/C10H16SSi/c1-12(2,3)10-7-5-4-6-9(10)8-11/h4-7,11H,8H2,1-3H3. The monoisotopic (exact) mass is 196 g/mol. The molecule has 0 aromatic heterocycles. The minimum Gasteiger partial charge on any atom is -0.175 e. The van der Waals surface area contributed by atoms with Gasteiger partial charge in [0, 0.05) is 5.75 Å². The average molecular weight is 196 g/mol. The van der Waals surface area contributed by atoms with E-state index in [1.54, 1.807) is 5.19 Å². The van der Waals surface area contributed by atoms with Crippen molar-refractivity contribution in [3.63, 3.8) is 0 Å². The Bertz CT molecular complexity index is 263. The van der Waals surface area contributed by atoms with Crippen molar-refractivity contribution in [1.82, 2.24) is 0 Å². The van der Waals surface area contributed by atoms with Gasteiger partial charge in [-0.3, -0.25) is 0 Å². The molecule has 0 aliphatic carbocycles. The van der Waals surface area contributed by atoms with Crippen molar-refractivity contribution in [2.75, 3.05) is 0 Å². The Labute approximate surface area is 81.4 Å². The van der Waals surface area contributed by atoms with Crippen LogP contribution in [0.4, 0.5) is 0 Å². The van der Waals surface area contributed by atoms with Gasteiger partial charge in [-0.15, -0.1) is 0 Å². The minimum absolute atomic E-state index is 0.862. The Kier molecular flexibility index (Phi) is 3.02. The predicted octanol–water partition coefficient (Wildman–Crippen LogP) is 2.66. The fraction of sp³-hybridized carbons (Fsp3) is 0.400. The van der Waals surface area contributed by atoms with Crippen LogP contribution < -0.4 is 5.19 Å². The van der Waals surface area contributed by atoms with Crippen molar-refractivity contribution in [3.8, 4) is 0 Å². The molecule has 0 saturated heterocycles. The van der Waals surface area contributed by atoms with E-state index >= 15 is 0 Å². The summed E-state index contributed by atoms with van der Waals surface area (Å²) in [5.41, 5.74) is 1.40. The van der Waals surface area contributed by atoms with Crippen LogP contribution in [0.5, 0.6) is 0 Å². The Hall–Kier alpha value is -0.213. The van der Waals surface area contributed by atoms with Crippen LogP contribution in [0.2, 0.25) is 19.6 Å². The average Bonchev–Trinajstić information content (AvgIpc) is 2.03. The highest BCUT2D eigenvalue weighted by molar-refractivity contribution is 7.79. The third-order valence-corrected chi connectivity index (χ3v) is 4.44. The second kappa shape index (κ2) is 3.67. The summed E-state index contributed by atoms with van der Waals surface area (Å²) in [5, 5.41) is 1.54. The van der Waals surface area contributed by atoms with Crippen molar-refractivity contribution < 1.29 is 0 Å². The van der Waals surface area contributed by atoms with Gasteiger partial charge in [0.2, 0.25) is 0 Å². The van der Waals surface area contributed by atoms with Crippen LogP contribution in [0.15, 0.2) is 24.3 Å². The van der Waals surface area contributed by atoms with Crippen LogP contribution in [0.25, 0.3) is 0 Å². The van der Waals surface area contributed by atoms with E-state index < -0.39 is 8.07 Å². The summed E-state index contributed by atoms with van der Waals surface area (Å²) in [6.07, 6.45) is 0. The van der Waals surface area contributed by atoms with E-state index in [0.29, 0.717) is 0 Å². The molecule has 1 aromatic rings. The van der Waals surface area contributed by atoms with E-state index in [0.717, 1.165) is 5.75 Å². The first-order valence-corrected chi connectivity index (χ1v) is 8.38. The maximum atomic E-state index is 4.33. The number of benzene rings is 1. The van der Waals surface area contributed by atoms with Crippen LogP contribution in [0.1, 0.15) is 5.56 Å². The van der Waals surface area contributed by atoms with Gasteiger partial charge in [0.05, 0.1) is 8.07 Å². The van der Waals surface area contributed by atoms with E-state index in [4.69, 9.17) is 0 Å². The van der Waals surface area contributed by atoms with E-state index in [1.165, 1.54) is 5.56 Å². The molecule has 1 aromatic carbocycles. The second-order valence-electron chi connectivity index (χ2n) is 4.07. The van der Waals surface area contributed by atoms with Crippen LogP contribution >= 0.6 is 12.6 Å². The van der Waals surface area contributed by atoms with Gasteiger partial charge in [-0.2, -0.15) is 12.6 Å². The molecular formula is C10H16SSi. The van der Waals surface area contributed by atoms with Crippen LogP contribution in [0, 0.1) is 0 Å². The zero-order valence-electron chi connectivity index (χ0n) is 7.96. The van der Waals surface area contributed by atoms with E-state index in [9.17, 15) is 0 Å². The lowest BCUT2D eigenvalue weighted by atomic mass is 10.2. The molecule has 0 radical (unpaired) electrons. The molecule has 0 atom stereocenters. The first-order valence-electron chi connectivity index (χ1n) is 4.25. The number of hydrogen-bond acceptors (Lipinski definition) is 1. The highest BCUT2D eigenvalue weighted by Gasteiger charge is 2.18. The molecule has 0 saturated carbocycles. The third-order valence-electron chi connectivity index (χ3n) is 2.00. The summed E-state index contributed by atoms with van der Waals surface area (Å²) in [4.78, 5) is 0. The summed E-state index contributed by atoms with van der Waals surface area (Å²) >= 11 is 4.33. The van der Waals surface area contributed by atoms with Crippen LogP contribution in [-0.4, -0.2) is 8.07 Å². The largest absolute Gasteiger partial charge is 0.175 e. The Balaban J connectivity index is 3.14. The summed E-state index contributed by atoms with van der Waals surface area (Å²) in [7, 11) is -1.15. The molecular weight excluding hydrogens is 180 g/mol. The quantitative estimate of drug-likeness (QED) is 0.546.